The lowest BCUT2D eigenvalue weighted by atomic mass is 10.0. The van der Waals surface area contributed by atoms with Crippen molar-refractivity contribution in [3.05, 3.63) is 105 Å². The predicted molar refractivity (Wildman–Crippen MR) is 147 cm³/mol. The third-order valence-corrected chi connectivity index (χ3v) is 7.00. The molecule has 8 nitrogen and oxygen atoms in total. The lowest BCUT2D eigenvalue weighted by molar-refractivity contribution is -0.129. The average molecular weight is 644 g/mol. The van der Waals surface area contributed by atoms with E-state index in [0.29, 0.717) is 28.1 Å². The fraction of sp³-hybridized carbons (Fsp3) is 0.179. The van der Waals surface area contributed by atoms with Crippen LogP contribution in [0.4, 0.5) is 13.6 Å². The van der Waals surface area contributed by atoms with Crippen molar-refractivity contribution in [3.8, 4) is 17.0 Å². The van der Waals surface area contributed by atoms with Crippen molar-refractivity contribution in [2.75, 3.05) is 13.2 Å². The van der Waals surface area contributed by atoms with Crippen molar-refractivity contribution in [3.63, 3.8) is 0 Å². The Labute approximate surface area is 236 Å². The van der Waals surface area contributed by atoms with Gasteiger partial charge in [-0.05, 0) is 76.2 Å². The van der Waals surface area contributed by atoms with E-state index < -0.39 is 35.7 Å². The van der Waals surface area contributed by atoms with Crippen molar-refractivity contribution in [1.29, 1.82) is 0 Å². The molecule has 3 N–H and O–H groups in total. The average Bonchev–Trinajstić information content (AvgIpc) is 3.52. The number of aliphatic hydroxyl groups is 1. The Kier molecular flexibility index (Phi) is 7.89. The third kappa shape index (κ3) is 5.78. The number of carbonyl (C=O) groups is 2. The number of imide groups is 1. The van der Waals surface area contributed by atoms with E-state index in [1.807, 2.05) is 22.6 Å². The molecule has 0 aliphatic carbocycles. The summed E-state index contributed by atoms with van der Waals surface area (Å²) in [6.45, 7) is 0.00255. The molecule has 3 aromatic carbocycles. The molecule has 1 saturated heterocycles. The number of hydrogen-bond donors (Lipinski definition) is 3. The van der Waals surface area contributed by atoms with Crippen molar-refractivity contribution in [1.82, 2.24) is 20.2 Å². The van der Waals surface area contributed by atoms with Crippen LogP contribution in [0.2, 0.25) is 0 Å². The van der Waals surface area contributed by atoms with Gasteiger partial charge in [-0.1, -0.05) is 24.3 Å². The number of amides is 3. The Morgan fingerprint density at radius 1 is 1.05 bits per heavy atom. The van der Waals surface area contributed by atoms with Crippen LogP contribution >= 0.6 is 22.6 Å². The number of hydrogen-bond acceptors (Lipinski definition) is 5. The summed E-state index contributed by atoms with van der Waals surface area (Å²) >= 11 is 2.02. The van der Waals surface area contributed by atoms with Gasteiger partial charge < -0.3 is 20.1 Å². The highest BCUT2D eigenvalue weighted by atomic mass is 127. The minimum atomic E-state index is -0.941. The van der Waals surface area contributed by atoms with E-state index in [0.717, 1.165) is 8.47 Å². The zero-order valence-electron chi connectivity index (χ0n) is 20.4. The van der Waals surface area contributed by atoms with Crippen LogP contribution in [0.25, 0.3) is 11.3 Å². The summed E-state index contributed by atoms with van der Waals surface area (Å²) in [6.07, 6.45) is 1.61. The van der Waals surface area contributed by atoms with Gasteiger partial charge >= 0.3 is 6.03 Å². The smallest absolute Gasteiger partial charge is 0.325 e. The highest BCUT2D eigenvalue weighted by molar-refractivity contribution is 14.1. The van der Waals surface area contributed by atoms with Crippen molar-refractivity contribution < 1.29 is 28.2 Å². The van der Waals surface area contributed by atoms with E-state index >= 15 is 0 Å². The van der Waals surface area contributed by atoms with Gasteiger partial charge in [-0.2, -0.15) is 0 Å². The summed E-state index contributed by atoms with van der Waals surface area (Å²) in [4.78, 5) is 35.4. The maximum atomic E-state index is 14.7. The number of aliphatic hydroxyl groups excluding tert-OH is 1. The van der Waals surface area contributed by atoms with Crippen molar-refractivity contribution >= 4 is 34.5 Å². The minimum Gasteiger partial charge on any atom is -0.491 e. The third-order valence-electron chi connectivity index (χ3n) is 6.33. The normalized spacial score (nSPS) is 15.9. The number of H-pyrrole nitrogens is 1. The Bertz CT molecular complexity index is 1490. The first-order valence-electron chi connectivity index (χ1n) is 12.1. The lowest BCUT2D eigenvalue weighted by Crippen LogP contribution is -2.36. The van der Waals surface area contributed by atoms with Gasteiger partial charge in [0.1, 0.15) is 41.9 Å². The van der Waals surface area contributed by atoms with E-state index in [9.17, 15) is 18.4 Å². The van der Waals surface area contributed by atoms with Crippen molar-refractivity contribution in [2.24, 2.45) is 0 Å². The Hall–Kier alpha value is -3.84. The van der Waals surface area contributed by atoms with E-state index in [2.05, 4.69) is 15.3 Å². The zero-order valence-corrected chi connectivity index (χ0v) is 22.6. The number of nitrogens with one attached hydrogen (secondary N) is 2. The van der Waals surface area contributed by atoms with Crippen LogP contribution in [0.1, 0.15) is 29.0 Å². The van der Waals surface area contributed by atoms with Gasteiger partial charge in [0.25, 0.3) is 5.91 Å². The quantitative estimate of drug-likeness (QED) is 0.178. The molecule has 1 unspecified atom stereocenters. The van der Waals surface area contributed by atoms with Gasteiger partial charge in [0.05, 0.1) is 18.5 Å². The van der Waals surface area contributed by atoms with E-state index in [1.165, 1.54) is 24.4 Å². The highest BCUT2D eigenvalue weighted by Gasteiger charge is 2.44. The number of rotatable bonds is 9. The molecule has 5 rings (SSSR count). The Balaban J connectivity index is 1.47. The van der Waals surface area contributed by atoms with Gasteiger partial charge in [-0.3, -0.25) is 9.69 Å². The second kappa shape index (κ2) is 11.5. The van der Waals surface area contributed by atoms with E-state index in [-0.39, 0.29) is 25.5 Å². The summed E-state index contributed by atoms with van der Waals surface area (Å²) in [5.74, 6) is -0.542. The lowest BCUT2D eigenvalue weighted by Gasteiger charge is -2.24. The van der Waals surface area contributed by atoms with Gasteiger partial charge in [-0.15, -0.1) is 0 Å². The molecule has 0 bridgehead atoms. The first-order valence-corrected chi connectivity index (χ1v) is 13.1. The number of urea groups is 1. The summed E-state index contributed by atoms with van der Waals surface area (Å²) in [5.41, 5.74) is 1.92. The first-order chi connectivity index (χ1) is 18.8. The van der Waals surface area contributed by atoms with Crippen LogP contribution < -0.4 is 10.1 Å². The molecule has 4 aromatic rings. The van der Waals surface area contributed by atoms with Crippen LogP contribution in [-0.2, 0) is 11.2 Å². The minimum absolute atomic E-state index is 0.131. The second-order valence-electron chi connectivity index (χ2n) is 8.88. The van der Waals surface area contributed by atoms with E-state index in [4.69, 9.17) is 9.84 Å². The molecule has 2 atom stereocenters. The summed E-state index contributed by atoms with van der Waals surface area (Å²) in [7, 11) is 0. The van der Waals surface area contributed by atoms with Crippen LogP contribution in [0.15, 0.2) is 72.9 Å². The fourth-order valence-corrected chi connectivity index (χ4v) is 4.89. The van der Waals surface area contributed by atoms with Gasteiger partial charge in [0.2, 0.25) is 0 Å². The maximum Gasteiger partial charge on any atom is 0.325 e. The van der Waals surface area contributed by atoms with Gasteiger partial charge in [-0.25, -0.2) is 18.6 Å². The molecule has 39 heavy (non-hydrogen) atoms. The molecule has 3 amide bonds. The number of aromatic amines is 1. The molecule has 2 heterocycles. The standard InChI is InChI=1S/C28H23F2IN4O4/c29-18-5-1-16(2-6-18)13-24(26-32-15-23(33-26)21-10-7-19(31)14-22(21)30)35-27(37)25(34-28(35)38)17-3-8-20(9-4-17)39-12-11-36/h1-10,14-15,24-25,36H,11-13H2,(H,32,33)(H,34,38)/t24-,25?/m1/s1. The Morgan fingerprint density at radius 3 is 2.49 bits per heavy atom. The molecule has 1 aliphatic rings. The number of halogens is 3. The molecule has 0 radical (unpaired) electrons. The number of carbonyl (C=O) groups excluding carboxylic acids is 2. The molecule has 200 valence electrons. The number of imidazole rings is 1. The predicted octanol–water partition coefficient (Wildman–Crippen LogP) is 4.91. The molecule has 0 spiro atoms. The van der Waals surface area contributed by atoms with Crippen LogP contribution in [0, 0.1) is 15.2 Å². The number of ether oxygens (including phenoxy) is 1. The molecular weight excluding hydrogens is 621 g/mol. The van der Waals surface area contributed by atoms with E-state index in [1.54, 1.807) is 48.5 Å². The van der Waals surface area contributed by atoms with Crippen molar-refractivity contribution in [2.45, 2.75) is 18.5 Å². The number of nitrogens with zero attached hydrogens (tertiary/aromatic N) is 2. The highest BCUT2D eigenvalue weighted by Crippen LogP contribution is 2.33. The largest absolute Gasteiger partial charge is 0.491 e. The molecule has 1 aliphatic heterocycles. The molecule has 0 saturated carbocycles. The summed E-state index contributed by atoms with van der Waals surface area (Å²) < 4.78 is 34.3. The number of benzene rings is 3. The molecule has 11 heteroatoms. The monoisotopic (exact) mass is 644 g/mol. The Morgan fingerprint density at radius 2 is 1.79 bits per heavy atom. The molecule has 1 fully saturated rings. The van der Waals surface area contributed by atoms with Crippen LogP contribution in [-0.4, -0.2) is 45.1 Å². The first kappa shape index (κ1) is 26.8. The maximum absolute atomic E-state index is 14.7. The van der Waals surface area contributed by atoms with Gasteiger partial charge in [0.15, 0.2) is 0 Å². The zero-order chi connectivity index (χ0) is 27.5. The number of aromatic nitrogens is 2. The molecule has 1 aromatic heterocycles. The van der Waals surface area contributed by atoms with Crippen LogP contribution in [0.3, 0.4) is 0 Å². The second-order valence-corrected chi connectivity index (χ2v) is 10.1. The summed E-state index contributed by atoms with van der Waals surface area (Å²) in [6, 6.07) is 14.7. The fourth-order valence-electron chi connectivity index (χ4n) is 4.44. The summed E-state index contributed by atoms with van der Waals surface area (Å²) in [5, 5.41) is 11.7. The van der Waals surface area contributed by atoms with Gasteiger partial charge in [0, 0.05) is 15.6 Å². The van der Waals surface area contributed by atoms with Crippen LogP contribution in [0.5, 0.6) is 5.75 Å². The molecular formula is C28H23F2IN4O4. The SMILES string of the molecule is O=C1NC(c2ccc(OCCO)cc2)C(=O)N1[C@H](Cc1ccc(F)cc1)c1ncc(-c2ccc(I)cc2F)[nH]1. The topological polar surface area (TPSA) is 108 Å².